The van der Waals surface area contributed by atoms with Gasteiger partial charge in [-0.1, -0.05) is 24.3 Å². The molecule has 1 saturated heterocycles. The van der Waals surface area contributed by atoms with Gasteiger partial charge in [-0.25, -0.2) is 0 Å². The molecule has 0 bridgehead atoms. The minimum atomic E-state index is -0.391. The van der Waals surface area contributed by atoms with Gasteiger partial charge in [0.2, 0.25) is 0 Å². The molecular formula is C25H32N2O2. The summed E-state index contributed by atoms with van der Waals surface area (Å²) in [5, 5.41) is 14.7. The molecule has 3 aliphatic rings. The highest BCUT2D eigenvalue weighted by molar-refractivity contribution is 5.62. The minimum absolute atomic E-state index is 0.133. The number of hydrogen-bond donors (Lipinski definition) is 2. The Kier molecular flexibility index (Phi) is 5.00. The van der Waals surface area contributed by atoms with Gasteiger partial charge < -0.3 is 20.1 Å². The van der Waals surface area contributed by atoms with Crippen molar-refractivity contribution in [2.75, 3.05) is 24.6 Å². The van der Waals surface area contributed by atoms with Gasteiger partial charge in [0, 0.05) is 25.2 Å². The van der Waals surface area contributed by atoms with Crippen LogP contribution in [0.15, 0.2) is 30.3 Å². The summed E-state index contributed by atoms with van der Waals surface area (Å²) in [5.74, 6) is 1.11. The quantitative estimate of drug-likeness (QED) is 0.833. The van der Waals surface area contributed by atoms with Crippen molar-refractivity contribution in [3.63, 3.8) is 0 Å². The summed E-state index contributed by atoms with van der Waals surface area (Å²) in [4.78, 5) is 2.48. The molecule has 2 aliphatic heterocycles. The number of nitrogens with one attached hydrogen (secondary N) is 1. The molecule has 1 aliphatic carbocycles. The number of nitrogens with zero attached hydrogens (tertiary/aromatic N) is 1. The van der Waals surface area contributed by atoms with E-state index in [9.17, 15) is 5.11 Å². The van der Waals surface area contributed by atoms with Crippen LogP contribution >= 0.6 is 0 Å². The fourth-order valence-corrected chi connectivity index (χ4v) is 5.47. The molecule has 2 aromatic rings. The molecule has 0 aromatic heterocycles. The number of aliphatic hydroxyl groups is 1. The first-order chi connectivity index (χ1) is 14.1. The third-order valence-corrected chi connectivity index (χ3v) is 7.11. The SMILES string of the molecule is Cc1ccc(C)c2c1CC(NC1CCN(c3cccc4c3OCCC4)CC1)C2O. The van der Waals surface area contributed by atoms with Gasteiger partial charge >= 0.3 is 0 Å². The molecule has 0 radical (unpaired) electrons. The molecule has 29 heavy (non-hydrogen) atoms. The van der Waals surface area contributed by atoms with Crippen LogP contribution in [0.25, 0.3) is 0 Å². The van der Waals surface area contributed by atoms with Crippen LogP contribution in [0, 0.1) is 13.8 Å². The monoisotopic (exact) mass is 392 g/mol. The Morgan fingerprint density at radius 2 is 1.86 bits per heavy atom. The van der Waals surface area contributed by atoms with E-state index >= 15 is 0 Å². The summed E-state index contributed by atoms with van der Waals surface area (Å²) in [6, 6.07) is 11.5. The molecule has 2 heterocycles. The van der Waals surface area contributed by atoms with Crippen LogP contribution in [0.4, 0.5) is 5.69 Å². The Labute approximate surface area is 173 Å². The fraction of sp³-hybridized carbons (Fsp3) is 0.520. The normalized spacial score (nSPS) is 24.2. The van der Waals surface area contributed by atoms with E-state index < -0.39 is 6.10 Å². The average molecular weight is 393 g/mol. The van der Waals surface area contributed by atoms with E-state index in [2.05, 4.69) is 54.4 Å². The van der Waals surface area contributed by atoms with Crippen molar-refractivity contribution in [3.05, 3.63) is 58.1 Å². The summed E-state index contributed by atoms with van der Waals surface area (Å²) >= 11 is 0. The smallest absolute Gasteiger partial charge is 0.145 e. The van der Waals surface area contributed by atoms with E-state index in [0.717, 1.165) is 63.1 Å². The van der Waals surface area contributed by atoms with Crippen LogP contribution in [-0.2, 0) is 12.8 Å². The highest BCUT2D eigenvalue weighted by Crippen LogP contribution is 2.38. The number of piperidine rings is 1. The number of anilines is 1. The van der Waals surface area contributed by atoms with Crippen molar-refractivity contribution in [1.82, 2.24) is 5.32 Å². The zero-order valence-electron chi connectivity index (χ0n) is 17.6. The largest absolute Gasteiger partial charge is 0.491 e. The summed E-state index contributed by atoms with van der Waals surface area (Å²) in [5.41, 5.74) is 7.64. The van der Waals surface area contributed by atoms with Crippen molar-refractivity contribution in [1.29, 1.82) is 0 Å². The number of rotatable bonds is 3. The summed E-state index contributed by atoms with van der Waals surface area (Å²) in [7, 11) is 0. The molecule has 0 saturated carbocycles. The molecule has 2 atom stereocenters. The third-order valence-electron chi connectivity index (χ3n) is 7.11. The molecule has 0 spiro atoms. The highest BCUT2D eigenvalue weighted by Gasteiger charge is 2.35. The first-order valence-corrected chi connectivity index (χ1v) is 11.1. The van der Waals surface area contributed by atoms with Crippen molar-refractivity contribution in [2.24, 2.45) is 0 Å². The predicted molar refractivity (Wildman–Crippen MR) is 117 cm³/mol. The Bertz CT molecular complexity index is 902. The molecule has 4 heteroatoms. The van der Waals surface area contributed by atoms with E-state index in [4.69, 9.17) is 4.74 Å². The lowest BCUT2D eigenvalue weighted by Crippen LogP contribution is -2.47. The van der Waals surface area contributed by atoms with Crippen LogP contribution in [0.1, 0.15) is 53.2 Å². The second-order valence-corrected chi connectivity index (χ2v) is 8.99. The van der Waals surface area contributed by atoms with Gasteiger partial charge in [-0.2, -0.15) is 0 Å². The standard InChI is InChI=1S/C25H32N2O2/c1-16-8-9-17(2)23-20(16)15-21(24(23)28)26-19-10-12-27(13-11-19)22-7-3-5-18-6-4-14-29-25(18)22/h3,5,7-9,19,21,24,26,28H,4,6,10-15H2,1-2H3. The Hall–Kier alpha value is -2.04. The molecule has 4 nitrogen and oxygen atoms in total. The molecule has 1 fully saturated rings. The molecular weight excluding hydrogens is 360 g/mol. The molecule has 0 amide bonds. The maximum atomic E-state index is 10.9. The molecule has 154 valence electrons. The number of fused-ring (bicyclic) bond motifs is 2. The Balaban J connectivity index is 1.24. The number of para-hydroxylation sites is 1. The lowest BCUT2D eigenvalue weighted by Gasteiger charge is -2.37. The maximum Gasteiger partial charge on any atom is 0.145 e. The van der Waals surface area contributed by atoms with Gasteiger partial charge in [-0.05, 0) is 79.8 Å². The van der Waals surface area contributed by atoms with Gasteiger partial charge in [0.25, 0.3) is 0 Å². The van der Waals surface area contributed by atoms with Crippen LogP contribution in [0.5, 0.6) is 5.75 Å². The van der Waals surface area contributed by atoms with Gasteiger partial charge in [-0.15, -0.1) is 0 Å². The van der Waals surface area contributed by atoms with E-state index in [0.29, 0.717) is 6.04 Å². The molecule has 5 rings (SSSR count). The minimum Gasteiger partial charge on any atom is -0.491 e. The average Bonchev–Trinajstić information content (AvgIpc) is 3.08. The number of aryl methyl sites for hydroxylation is 3. The second kappa shape index (κ2) is 7.66. The van der Waals surface area contributed by atoms with Crippen LogP contribution in [0.2, 0.25) is 0 Å². The number of benzene rings is 2. The van der Waals surface area contributed by atoms with Gasteiger partial charge in [0.05, 0.1) is 18.4 Å². The number of aliphatic hydroxyl groups excluding tert-OH is 1. The highest BCUT2D eigenvalue weighted by atomic mass is 16.5. The van der Waals surface area contributed by atoms with E-state index in [1.165, 1.54) is 27.9 Å². The topological polar surface area (TPSA) is 44.7 Å². The molecule has 2 unspecified atom stereocenters. The van der Waals surface area contributed by atoms with Gasteiger partial charge in [-0.3, -0.25) is 0 Å². The molecule has 2 aromatic carbocycles. The van der Waals surface area contributed by atoms with E-state index in [-0.39, 0.29) is 6.04 Å². The third kappa shape index (κ3) is 3.43. The summed E-state index contributed by atoms with van der Waals surface area (Å²) < 4.78 is 6.02. The second-order valence-electron chi connectivity index (χ2n) is 8.99. The first-order valence-electron chi connectivity index (χ1n) is 11.1. The number of ether oxygens (including phenoxy) is 1. The van der Waals surface area contributed by atoms with E-state index in [1.807, 2.05) is 0 Å². The summed E-state index contributed by atoms with van der Waals surface area (Å²) in [6.07, 6.45) is 4.98. The van der Waals surface area contributed by atoms with Crippen LogP contribution in [-0.4, -0.2) is 36.9 Å². The van der Waals surface area contributed by atoms with Gasteiger partial charge in [0.15, 0.2) is 0 Å². The summed E-state index contributed by atoms with van der Waals surface area (Å²) in [6.45, 7) is 7.18. The van der Waals surface area contributed by atoms with Gasteiger partial charge in [0.1, 0.15) is 5.75 Å². The number of hydrogen-bond acceptors (Lipinski definition) is 4. The zero-order valence-corrected chi connectivity index (χ0v) is 17.6. The Morgan fingerprint density at radius 3 is 2.66 bits per heavy atom. The van der Waals surface area contributed by atoms with Crippen molar-refractivity contribution < 1.29 is 9.84 Å². The predicted octanol–water partition coefficient (Wildman–Crippen LogP) is 3.85. The molecule has 2 N–H and O–H groups in total. The van der Waals surface area contributed by atoms with Crippen LogP contribution < -0.4 is 15.0 Å². The van der Waals surface area contributed by atoms with Crippen molar-refractivity contribution in [2.45, 2.75) is 64.1 Å². The maximum absolute atomic E-state index is 10.9. The zero-order chi connectivity index (χ0) is 20.0. The lowest BCUT2D eigenvalue weighted by molar-refractivity contribution is 0.131. The lowest BCUT2D eigenvalue weighted by atomic mass is 9.99. The van der Waals surface area contributed by atoms with Crippen LogP contribution in [0.3, 0.4) is 0 Å². The fourth-order valence-electron chi connectivity index (χ4n) is 5.47. The van der Waals surface area contributed by atoms with Crippen molar-refractivity contribution >= 4 is 5.69 Å². The Morgan fingerprint density at radius 1 is 1.07 bits per heavy atom. The van der Waals surface area contributed by atoms with E-state index in [1.54, 1.807) is 0 Å². The first kappa shape index (κ1) is 19.0. The van der Waals surface area contributed by atoms with Crippen molar-refractivity contribution in [3.8, 4) is 5.75 Å².